The number of halogens is 1. The molecule has 0 saturated carbocycles. The molecule has 0 radical (unpaired) electrons. The second kappa shape index (κ2) is 10.6. The van der Waals surface area contributed by atoms with Gasteiger partial charge in [0, 0.05) is 4.47 Å². The summed E-state index contributed by atoms with van der Waals surface area (Å²) < 4.78 is 6.06. The maximum absolute atomic E-state index is 12.9. The number of ether oxygens (including phenoxy) is 1. The smallest absolute Gasteiger partial charge is 0.326 e. The molecule has 2 rings (SSSR count). The number of nitrogens with one attached hydrogen (secondary N) is 2. The van der Waals surface area contributed by atoms with Crippen LogP contribution < -0.4 is 15.4 Å². The Balaban J connectivity index is 2.38. The molecule has 8 heteroatoms. The zero-order chi connectivity index (χ0) is 22.3. The SMILES string of the molecule is COc1ccccc1C(=O)N/C(=C/c1ccc(Br)cc1)C(=O)N[C@H](C(=O)O)C(C)C. The topological polar surface area (TPSA) is 105 Å². The molecule has 158 valence electrons. The minimum atomic E-state index is -1.16. The maximum atomic E-state index is 12.9. The van der Waals surface area contributed by atoms with Crippen molar-refractivity contribution in [2.75, 3.05) is 7.11 Å². The van der Waals surface area contributed by atoms with E-state index in [1.807, 2.05) is 0 Å². The average Bonchev–Trinajstić information content (AvgIpc) is 2.72. The van der Waals surface area contributed by atoms with Crippen LogP contribution in [0.1, 0.15) is 29.8 Å². The largest absolute Gasteiger partial charge is 0.496 e. The van der Waals surface area contributed by atoms with Gasteiger partial charge in [-0.1, -0.05) is 54.0 Å². The third-order valence-corrected chi connectivity index (χ3v) is 4.77. The molecule has 2 aromatic carbocycles. The van der Waals surface area contributed by atoms with Gasteiger partial charge in [0.2, 0.25) is 0 Å². The van der Waals surface area contributed by atoms with Crippen LogP contribution in [0.4, 0.5) is 0 Å². The fourth-order valence-corrected chi connectivity index (χ4v) is 2.90. The van der Waals surface area contributed by atoms with Crippen molar-refractivity contribution in [3.63, 3.8) is 0 Å². The first-order valence-corrected chi connectivity index (χ1v) is 9.97. The van der Waals surface area contributed by atoms with Crippen LogP contribution in [0, 0.1) is 5.92 Å². The van der Waals surface area contributed by atoms with Gasteiger partial charge in [-0.2, -0.15) is 0 Å². The van der Waals surface area contributed by atoms with E-state index < -0.39 is 23.8 Å². The van der Waals surface area contributed by atoms with Gasteiger partial charge in [0.25, 0.3) is 11.8 Å². The van der Waals surface area contributed by atoms with Gasteiger partial charge in [-0.15, -0.1) is 0 Å². The molecule has 2 amide bonds. The van der Waals surface area contributed by atoms with Gasteiger partial charge in [-0.05, 0) is 41.8 Å². The van der Waals surface area contributed by atoms with E-state index in [0.29, 0.717) is 11.3 Å². The summed E-state index contributed by atoms with van der Waals surface area (Å²) in [5.74, 6) is -2.41. The van der Waals surface area contributed by atoms with Crippen molar-refractivity contribution < 1.29 is 24.2 Å². The quantitative estimate of drug-likeness (QED) is 0.508. The van der Waals surface area contributed by atoms with Crippen LogP contribution in [0.3, 0.4) is 0 Å². The summed E-state index contributed by atoms with van der Waals surface area (Å²) in [6.45, 7) is 3.37. The van der Waals surface area contributed by atoms with Crippen LogP contribution in [0.5, 0.6) is 5.75 Å². The molecule has 7 nitrogen and oxygen atoms in total. The zero-order valence-corrected chi connectivity index (χ0v) is 18.4. The molecular formula is C22H23BrN2O5. The van der Waals surface area contributed by atoms with E-state index in [0.717, 1.165) is 4.47 Å². The molecule has 3 N–H and O–H groups in total. The maximum Gasteiger partial charge on any atom is 0.326 e. The van der Waals surface area contributed by atoms with Gasteiger partial charge < -0.3 is 20.5 Å². The summed E-state index contributed by atoms with van der Waals surface area (Å²) in [4.78, 5) is 37.1. The third-order valence-electron chi connectivity index (χ3n) is 4.24. The summed E-state index contributed by atoms with van der Waals surface area (Å²) >= 11 is 3.34. The van der Waals surface area contributed by atoms with Gasteiger partial charge in [0.15, 0.2) is 0 Å². The Bertz CT molecular complexity index is 954. The molecule has 0 heterocycles. The molecule has 0 unspecified atom stereocenters. The Hall–Kier alpha value is -3.13. The molecule has 0 aliphatic carbocycles. The minimum absolute atomic E-state index is 0.0832. The number of aliphatic carboxylic acids is 1. The van der Waals surface area contributed by atoms with Crippen molar-refractivity contribution in [3.8, 4) is 5.75 Å². The van der Waals surface area contributed by atoms with Crippen molar-refractivity contribution in [2.24, 2.45) is 5.92 Å². The number of para-hydroxylation sites is 1. The lowest BCUT2D eigenvalue weighted by atomic mass is 10.0. The second-order valence-corrected chi connectivity index (χ2v) is 7.71. The fourth-order valence-electron chi connectivity index (χ4n) is 2.64. The molecule has 0 aliphatic rings. The van der Waals surface area contributed by atoms with Crippen LogP contribution in [0.15, 0.2) is 58.7 Å². The van der Waals surface area contributed by atoms with Crippen molar-refractivity contribution in [1.29, 1.82) is 0 Å². The van der Waals surface area contributed by atoms with Gasteiger partial charge in [-0.3, -0.25) is 9.59 Å². The Morgan fingerprint density at radius 1 is 1.07 bits per heavy atom. The number of carboxylic acid groups (broad SMARTS) is 1. The standard InChI is InChI=1S/C22H23BrN2O5/c1-13(2)19(22(28)29)25-21(27)17(12-14-8-10-15(23)11-9-14)24-20(26)16-6-4-5-7-18(16)30-3/h4-13,19H,1-3H3,(H,24,26)(H,25,27)(H,28,29)/b17-12+/t19-/m0/s1. The van der Waals surface area contributed by atoms with E-state index in [4.69, 9.17) is 4.74 Å². The molecule has 0 aliphatic heterocycles. The number of amides is 2. The molecule has 0 saturated heterocycles. The molecule has 0 aromatic heterocycles. The fraction of sp³-hybridized carbons (Fsp3) is 0.227. The summed E-state index contributed by atoms with van der Waals surface area (Å²) in [6, 6.07) is 12.6. The summed E-state index contributed by atoms with van der Waals surface area (Å²) in [6.07, 6.45) is 1.48. The highest BCUT2D eigenvalue weighted by Gasteiger charge is 2.26. The third kappa shape index (κ3) is 6.18. The first kappa shape index (κ1) is 23.2. The van der Waals surface area contributed by atoms with Crippen LogP contribution >= 0.6 is 15.9 Å². The van der Waals surface area contributed by atoms with Crippen LogP contribution in [0.25, 0.3) is 6.08 Å². The van der Waals surface area contributed by atoms with Crippen molar-refractivity contribution in [1.82, 2.24) is 10.6 Å². The van der Waals surface area contributed by atoms with Crippen LogP contribution in [0.2, 0.25) is 0 Å². The second-order valence-electron chi connectivity index (χ2n) is 6.80. The summed E-state index contributed by atoms with van der Waals surface area (Å²) in [5.41, 5.74) is 0.813. The number of benzene rings is 2. The highest BCUT2D eigenvalue weighted by atomic mass is 79.9. The Morgan fingerprint density at radius 3 is 2.27 bits per heavy atom. The Morgan fingerprint density at radius 2 is 1.70 bits per heavy atom. The van der Waals surface area contributed by atoms with E-state index in [2.05, 4.69) is 26.6 Å². The Labute approximate surface area is 183 Å². The predicted molar refractivity (Wildman–Crippen MR) is 117 cm³/mol. The molecule has 30 heavy (non-hydrogen) atoms. The molecule has 0 fully saturated rings. The van der Waals surface area contributed by atoms with Crippen LogP contribution in [-0.4, -0.2) is 36.0 Å². The minimum Gasteiger partial charge on any atom is -0.496 e. The highest BCUT2D eigenvalue weighted by Crippen LogP contribution is 2.18. The number of carbonyl (C=O) groups is 3. The van der Waals surface area contributed by atoms with Crippen LogP contribution in [-0.2, 0) is 9.59 Å². The number of hydrogen-bond donors (Lipinski definition) is 3. The lowest BCUT2D eigenvalue weighted by Crippen LogP contribution is -2.47. The first-order chi connectivity index (χ1) is 14.2. The van der Waals surface area contributed by atoms with Gasteiger partial charge in [0.05, 0.1) is 12.7 Å². The molecule has 1 atom stereocenters. The molecule has 2 aromatic rings. The number of methoxy groups -OCH3 is 1. The van der Waals surface area contributed by atoms with E-state index in [-0.39, 0.29) is 17.2 Å². The average molecular weight is 475 g/mol. The van der Waals surface area contributed by atoms with Gasteiger partial charge >= 0.3 is 5.97 Å². The van der Waals surface area contributed by atoms with E-state index in [9.17, 15) is 19.5 Å². The number of carboxylic acids is 1. The highest BCUT2D eigenvalue weighted by molar-refractivity contribution is 9.10. The van der Waals surface area contributed by atoms with E-state index in [1.165, 1.54) is 13.2 Å². The molecule has 0 spiro atoms. The van der Waals surface area contributed by atoms with Gasteiger partial charge in [-0.25, -0.2) is 4.79 Å². The summed E-state index contributed by atoms with van der Waals surface area (Å²) in [5, 5.41) is 14.4. The summed E-state index contributed by atoms with van der Waals surface area (Å²) in [7, 11) is 1.44. The monoisotopic (exact) mass is 474 g/mol. The first-order valence-electron chi connectivity index (χ1n) is 9.18. The molecular weight excluding hydrogens is 452 g/mol. The van der Waals surface area contributed by atoms with Crippen molar-refractivity contribution >= 4 is 39.8 Å². The lowest BCUT2D eigenvalue weighted by molar-refractivity contribution is -0.142. The van der Waals surface area contributed by atoms with Gasteiger partial charge in [0.1, 0.15) is 17.5 Å². The zero-order valence-electron chi connectivity index (χ0n) is 16.8. The number of hydrogen-bond acceptors (Lipinski definition) is 4. The van der Waals surface area contributed by atoms with E-state index >= 15 is 0 Å². The normalized spacial score (nSPS) is 12.2. The van der Waals surface area contributed by atoms with Crippen molar-refractivity contribution in [3.05, 3.63) is 69.8 Å². The Kier molecular flexibility index (Phi) is 8.17. The molecule has 0 bridgehead atoms. The lowest BCUT2D eigenvalue weighted by Gasteiger charge is -2.19. The predicted octanol–water partition coefficient (Wildman–Crippen LogP) is 3.45. The van der Waals surface area contributed by atoms with Crippen molar-refractivity contribution in [2.45, 2.75) is 19.9 Å². The number of rotatable bonds is 8. The van der Waals surface area contributed by atoms with E-state index in [1.54, 1.807) is 62.4 Å². The number of carbonyl (C=O) groups excluding carboxylic acids is 2.